The van der Waals surface area contributed by atoms with E-state index in [1.54, 1.807) is 11.8 Å². The number of rotatable bonds is 4. The fraction of sp³-hybridized carbons (Fsp3) is 0.481. The highest BCUT2D eigenvalue weighted by atomic mass is 19.1. The van der Waals surface area contributed by atoms with Crippen LogP contribution in [0.5, 0.6) is 0 Å². The van der Waals surface area contributed by atoms with Crippen LogP contribution in [0.3, 0.4) is 0 Å². The number of halogens is 1. The summed E-state index contributed by atoms with van der Waals surface area (Å²) in [5.74, 6) is 0.314. The van der Waals surface area contributed by atoms with Crippen molar-refractivity contribution in [1.29, 1.82) is 0 Å². The van der Waals surface area contributed by atoms with Crippen LogP contribution >= 0.6 is 0 Å². The lowest BCUT2D eigenvalue weighted by Crippen LogP contribution is -2.49. The number of aryl methyl sites for hydroxylation is 1. The minimum Gasteiger partial charge on any atom is -0.443 e. The summed E-state index contributed by atoms with van der Waals surface area (Å²) in [5, 5.41) is 0. The van der Waals surface area contributed by atoms with E-state index in [4.69, 9.17) is 14.5 Å². The van der Waals surface area contributed by atoms with E-state index in [0.717, 1.165) is 16.6 Å². The van der Waals surface area contributed by atoms with Crippen LogP contribution in [0.2, 0.25) is 0 Å². The van der Waals surface area contributed by atoms with Gasteiger partial charge in [0, 0.05) is 12.2 Å². The fourth-order valence-electron chi connectivity index (χ4n) is 4.44. The van der Waals surface area contributed by atoms with Gasteiger partial charge in [0.15, 0.2) is 0 Å². The summed E-state index contributed by atoms with van der Waals surface area (Å²) < 4.78 is 28.7. The van der Waals surface area contributed by atoms with Gasteiger partial charge in [-0.15, -0.1) is 0 Å². The van der Waals surface area contributed by atoms with Crippen LogP contribution in [0.4, 0.5) is 14.9 Å². The van der Waals surface area contributed by atoms with E-state index in [1.807, 2.05) is 65.8 Å². The maximum Gasteiger partial charge on any atom is 0.414 e. The third kappa shape index (κ3) is 4.06. The zero-order valence-electron chi connectivity index (χ0n) is 21.4. The van der Waals surface area contributed by atoms with E-state index >= 15 is 4.39 Å². The Hall–Kier alpha value is -2.93. The number of anilines is 1. The molecule has 0 N–H and O–H groups in total. The zero-order chi connectivity index (χ0) is 25.0. The Morgan fingerprint density at radius 2 is 1.88 bits per heavy atom. The van der Waals surface area contributed by atoms with Crippen molar-refractivity contribution in [3.8, 4) is 11.4 Å². The first kappa shape index (κ1) is 24.2. The molecule has 1 aliphatic rings. The van der Waals surface area contributed by atoms with Crippen LogP contribution < -0.4 is 4.90 Å². The minimum atomic E-state index is -0.596. The van der Waals surface area contributed by atoms with Crippen molar-refractivity contribution in [2.75, 3.05) is 24.7 Å². The molecule has 0 spiro atoms. The van der Waals surface area contributed by atoms with Crippen LogP contribution in [0.25, 0.3) is 22.4 Å². The van der Waals surface area contributed by atoms with Gasteiger partial charge in [-0.3, -0.25) is 4.90 Å². The fourth-order valence-corrected chi connectivity index (χ4v) is 4.44. The lowest BCUT2D eigenvalue weighted by Gasteiger charge is -2.41. The average Bonchev–Trinajstić information content (AvgIpc) is 3.11. The molecular weight excluding hydrogens is 433 g/mol. The molecule has 1 aliphatic heterocycles. The molecule has 0 radical (unpaired) electrons. The topological polar surface area (TPSA) is 56.6 Å². The largest absolute Gasteiger partial charge is 0.443 e. The Balaban J connectivity index is 1.90. The van der Waals surface area contributed by atoms with Crippen LogP contribution in [0.15, 0.2) is 24.3 Å². The Bertz CT molecular complexity index is 1270. The van der Waals surface area contributed by atoms with Crippen molar-refractivity contribution in [3.63, 3.8) is 0 Å². The van der Waals surface area contributed by atoms with Crippen molar-refractivity contribution < 1.29 is 18.7 Å². The summed E-state index contributed by atoms with van der Waals surface area (Å²) in [4.78, 5) is 19.3. The van der Waals surface area contributed by atoms with Gasteiger partial charge in [-0.2, -0.15) is 0 Å². The molecule has 1 aromatic heterocycles. The number of ether oxygens (including phenoxy) is 2. The molecule has 0 saturated carbocycles. The molecule has 3 aromatic rings. The number of fused-ring (bicyclic) bond motifs is 1. The van der Waals surface area contributed by atoms with Gasteiger partial charge in [0.05, 0.1) is 35.3 Å². The van der Waals surface area contributed by atoms with E-state index in [0.29, 0.717) is 47.9 Å². The van der Waals surface area contributed by atoms with Gasteiger partial charge in [-0.05, 0) is 96.3 Å². The molecule has 6 nitrogen and oxygen atoms in total. The highest BCUT2D eigenvalue weighted by Crippen LogP contribution is 2.39. The summed E-state index contributed by atoms with van der Waals surface area (Å²) in [6.45, 7) is 16.8. The van der Waals surface area contributed by atoms with Crippen molar-refractivity contribution in [1.82, 2.24) is 9.55 Å². The molecule has 0 atom stereocenters. The van der Waals surface area contributed by atoms with Gasteiger partial charge < -0.3 is 14.0 Å². The van der Waals surface area contributed by atoms with Gasteiger partial charge >= 0.3 is 6.09 Å². The van der Waals surface area contributed by atoms with Gasteiger partial charge in [-0.1, -0.05) is 0 Å². The Kier molecular flexibility index (Phi) is 5.96. The molecule has 1 fully saturated rings. The number of imidazole rings is 1. The van der Waals surface area contributed by atoms with E-state index in [9.17, 15) is 4.79 Å². The van der Waals surface area contributed by atoms with Gasteiger partial charge in [0.2, 0.25) is 0 Å². The number of carbonyl (C=O) groups is 1. The molecule has 7 heteroatoms. The monoisotopic (exact) mass is 467 g/mol. The van der Waals surface area contributed by atoms with Crippen molar-refractivity contribution in [2.45, 2.75) is 66.5 Å². The van der Waals surface area contributed by atoms with Crippen LogP contribution in [-0.2, 0) is 15.0 Å². The van der Waals surface area contributed by atoms with E-state index in [-0.39, 0.29) is 11.4 Å². The standard InChI is InChI=1S/C27H34FN3O3/c1-9-30(25(32)34-26(5,6)7)19-10-11-22-21(13-19)29-24(31(22)27(8)14-33-15-27)20-12-16(2)17(3)18(4)23(20)28/h10-13H,9,14-15H2,1-8H3. The summed E-state index contributed by atoms with van der Waals surface area (Å²) in [5.41, 5.74) is 4.40. The van der Waals surface area contributed by atoms with Gasteiger partial charge in [0.1, 0.15) is 17.2 Å². The zero-order valence-corrected chi connectivity index (χ0v) is 21.4. The second-order valence-corrected chi connectivity index (χ2v) is 10.5. The SMILES string of the molecule is CCN(C(=O)OC(C)(C)C)c1ccc2c(c1)nc(-c1cc(C)c(C)c(C)c1F)n2C1(C)COC1. The second-order valence-electron chi connectivity index (χ2n) is 10.5. The quantitative estimate of drug-likeness (QED) is 0.453. The maximum atomic E-state index is 15.5. The van der Waals surface area contributed by atoms with Crippen molar-refractivity contribution in [2.24, 2.45) is 0 Å². The third-order valence-corrected chi connectivity index (χ3v) is 6.57. The number of hydrogen-bond donors (Lipinski definition) is 0. The number of carbonyl (C=O) groups excluding carboxylic acids is 1. The second kappa shape index (κ2) is 8.38. The van der Waals surface area contributed by atoms with Crippen LogP contribution in [-0.4, -0.2) is 41.0 Å². The number of benzene rings is 2. The molecule has 0 bridgehead atoms. The smallest absolute Gasteiger partial charge is 0.414 e. The summed E-state index contributed by atoms with van der Waals surface area (Å²) in [6, 6.07) is 7.59. The number of aromatic nitrogens is 2. The Morgan fingerprint density at radius 3 is 2.44 bits per heavy atom. The van der Waals surface area contributed by atoms with Crippen molar-refractivity contribution in [3.05, 3.63) is 46.8 Å². The Morgan fingerprint density at radius 1 is 1.21 bits per heavy atom. The minimum absolute atomic E-state index is 0.257. The molecule has 1 saturated heterocycles. The highest BCUT2D eigenvalue weighted by molar-refractivity contribution is 5.92. The van der Waals surface area contributed by atoms with Gasteiger partial charge in [-0.25, -0.2) is 14.2 Å². The molecule has 2 heterocycles. The molecule has 4 rings (SSSR count). The summed E-state index contributed by atoms with van der Waals surface area (Å²) in [7, 11) is 0. The van der Waals surface area contributed by atoms with E-state index in [1.165, 1.54) is 0 Å². The lowest BCUT2D eigenvalue weighted by molar-refractivity contribution is -0.0868. The average molecular weight is 468 g/mol. The summed E-state index contributed by atoms with van der Waals surface area (Å²) >= 11 is 0. The highest BCUT2D eigenvalue weighted by Gasteiger charge is 2.39. The van der Waals surface area contributed by atoms with Crippen LogP contribution in [0.1, 0.15) is 51.3 Å². The number of nitrogens with zero attached hydrogens (tertiary/aromatic N) is 3. The first-order valence-electron chi connectivity index (χ1n) is 11.7. The first-order chi connectivity index (χ1) is 15.9. The van der Waals surface area contributed by atoms with Gasteiger partial charge in [0.25, 0.3) is 0 Å². The lowest BCUT2D eigenvalue weighted by atomic mass is 9.96. The molecule has 0 aliphatic carbocycles. The van der Waals surface area contributed by atoms with Crippen molar-refractivity contribution >= 4 is 22.8 Å². The molecule has 182 valence electrons. The summed E-state index contributed by atoms with van der Waals surface area (Å²) in [6.07, 6.45) is -0.413. The van der Waals surface area contributed by atoms with E-state index in [2.05, 4.69) is 11.5 Å². The predicted molar refractivity (Wildman–Crippen MR) is 133 cm³/mol. The normalized spacial score (nSPS) is 15.3. The first-order valence-corrected chi connectivity index (χ1v) is 11.7. The number of amides is 1. The molecule has 0 unspecified atom stereocenters. The molecular formula is C27H34FN3O3. The maximum absolute atomic E-state index is 15.5. The molecule has 1 amide bonds. The predicted octanol–water partition coefficient (Wildman–Crippen LogP) is 6.27. The molecule has 34 heavy (non-hydrogen) atoms. The van der Waals surface area contributed by atoms with Crippen LogP contribution in [0, 0.1) is 26.6 Å². The Labute approximate surface area is 200 Å². The third-order valence-electron chi connectivity index (χ3n) is 6.57. The number of hydrogen-bond acceptors (Lipinski definition) is 4. The van der Waals surface area contributed by atoms with E-state index < -0.39 is 11.7 Å². The molecule has 2 aromatic carbocycles.